The van der Waals surface area contributed by atoms with E-state index in [0.29, 0.717) is 11.4 Å². The number of ether oxygens (including phenoxy) is 1. The molecule has 2 rings (SSSR count). The lowest BCUT2D eigenvalue weighted by atomic mass is 10.1. The first-order chi connectivity index (χ1) is 9.63. The van der Waals surface area contributed by atoms with Crippen LogP contribution < -0.4 is 10.1 Å². The largest absolute Gasteiger partial charge is 0.435 e. The predicted octanol–water partition coefficient (Wildman–Crippen LogP) is 2.86. The topological polar surface area (TPSA) is 51.2 Å². The molecule has 0 aliphatic rings. The average molecular weight is 278 g/mol. The number of aromatic nitrogens is 1. The number of anilines is 1. The second-order valence-electron chi connectivity index (χ2n) is 3.96. The summed E-state index contributed by atoms with van der Waals surface area (Å²) in [6.45, 7) is -2.85. The summed E-state index contributed by atoms with van der Waals surface area (Å²) < 4.78 is 28.2. The molecule has 0 radical (unpaired) electrons. The summed E-state index contributed by atoms with van der Waals surface area (Å²) in [5.41, 5.74) is 0.694. The van der Waals surface area contributed by atoms with Gasteiger partial charge in [-0.25, -0.2) is 4.98 Å². The van der Waals surface area contributed by atoms with Crippen molar-refractivity contribution in [2.45, 2.75) is 13.0 Å². The number of carbonyl (C=O) groups is 1. The van der Waals surface area contributed by atoms with Gasteiger partial charge in [-0.1, -0.05) is 18.2 Å². The molecule has 0 saturated carbocycles. The third-order valence-electron chi connectivity index (χ3n) is 2.45. The maximum atomic E-state index is 12.0. The van der Waals surface area contributed by atoms with Gasteiger partial charge in [-0.2, -0.15) is 8.78 Å². The number of hydrogen-bond donors (Lipinski definition) is 1. The first-order valence-corrected chi connectivity index (χ1v) is 5.88. The number of alkyl halides is 2. The van der Waals surface area contributed by atoms with Crippen LogP contribution in [-0.2, 0) is 11.2 Å². The molecular weight excluding hydrogens is 266 g/mol. The van der Waals surface area contributed by atoms with E-state index in [2.05, 4.69) is 15.0 Å². The lowest BCUT2D eigenvalue weighted by Gasteiger charge is -2.06. The van der Waals surface area contributed by atoms with Crippen LogP contribution in [-0.4, -0.2) is 17.5 Å². The zero-order valence-corrected chi connectivity index (χ0v) is 10.4. The summed E-state index contributed by atoms with van der Waals surface area (Å²) in [5.74, 6) is 0.301. The number of nitrogens with zero attached hydrogens (tertiary/aromatic N) is 1. The Morgan fingerprint density at radius 3 is 2.55 bits per heavy atom. The fourth-order valence-corrected chi connectivity index (χ4v) is 1.60. The van der Waals surface area contributed by atoms with Crippen LogP contribution in [0.1, 0.15) is 5.56 Å². The first kappa shape index (κ1) is 13.9. The number of benzene rings is 1. The average Bonchev–Trinajstić information content (AvgIpc) is 2.41. The Morgan fingerprint density at radius 1 is 1.20 bits per heavy atom. The Hall–Kier alpha value is -2.50. The Kier molecular flexibility index (Phi) is 4.60. The van der Waals surface area contributed by atoms with Crippen molar-refractivity contribution in [3.05, 3.63) is 54.2 Å². The number of rotatable bonds is 5. The molecule has 1 aromatic heterocycles. The molecule has 4 nitrogen and oxygen atoms in total. The Bertz CT molecular complexity index is 559. The van der Waals surface area contributed by atoms with Crippen molar-refractivity contribution < 1.29 is 18.3 Å². The minimum Gasteiger partial charge on any atom is -0.435 e. The van der Waals surface area contributed by atoms with Crippen LogP contribution in [0.25, 0.3) is 0 Å². The van der Waals surface area contributed by atoms with Gasteiger partial charge < -0.3 is 10.1 Å². The highest BCUT2D eigenvalue weighted by Gasteiger charge is 2.07. The Labute approximate surface area is 114 Å². The molecule has 1 heterocycles. The predicted molar refractivity (Wildman–Crippen MR) is 69.6 cm³/mol. The summed E-state index contributed by atoms with van der Waals surface area (Å²) in [6.07, 6.45) is 1.71. The Balaban J connectivity index is 1.91. The van der Waals surface area contributed by atoms with Crippen LogP contribution >= 0.6 is 0 Å². The van der Waals surface area contributed by atoms with Crippen LogP contribution in [0, 0.1) is 0 Å². The second-order valence-corrected chi connectivity index (χ2v) is 3.96. The monoisotopic (exact) mass is 278 g/mol. The molecule has 0 aliphatic heterocycles. The van der Waals surface area contributed by atoms with Crippen molar-refractivity contribution in [3.8, 4) is 5.75 Å². The minimum absolute atomic E-state index is 0.0638. The third kappa shape index (κ3) is 4.31. The summed E-state index contributed by atoms with van der Waals surface area (Å²) in [6, 6.07) is 11.1. The van der Waals surface area contributed by atoms with Gasteiger partial charge in [0.2, 0.25) is 5.91 Å². The van der Waals surface area contributed by atoms with E-state index in [1.54, 1.807) is 36.5 Å². The first-order valence-electron chi connectivity index (χ1n) is 5.88. The third-order valence-corrected chi connectivity index (χ3v) is 2.45. The zero-order chi connectivity index (χ0) is 14.4. The maximum Gasteiger partial charge on any atom is 0.387 e. The van der Waals surface area contributed by atoms with Gasteiger partial charge in [0, 0.05) is 6.20 Å². The molecule has 0 bridgehead atoms. The van der Waals surface area contributed by atoms with Gasteiger partial charge in [-0.15, -0.1) is 0 Å². The van der Waals surface area contributed by atoms with Gasteiger partial charge in [-0.05, 0) is 29.8 Å². The molecule has 20 heavy (non-hydrogen) atoms. The standard InChI is InChI=1S/C14H12F2N2O2/c15-14(16)20-11-6-4-10(5-7-11)9-13(19)18-12-3-1-2-8-17-12/h1-8,14H,9H2,(H,17,18,19). The van der Waals surface area contributed by atoms with Crippen molar-refractivity contribution >= 4 is 11.7 Å². The smallest absolute Gasteiger partial charge is 0.387 e. The van der Waals surface area contributed by atoms with E-state index in [0.717, 1.165) is 0 Å². The summed E-state index contributed by atoms with van der Waals surface area (Å²) in [7, 11) is 0. The van der Waals surface area contributed by atoms with Crippen LogP contribution in [0.15, 0.2) is 48.7 Å². The quantitative estimate of drug-likeness (QED) is 0.915. The van der Waals surface area contributed by atoms with Crippen LogP contribution in [0.4, 0.5) is 14.6 Å². The summed E-state index contributed by atoms with van der Waals surface area (Å²) >= 11 is 0. The van der Waals surface area contributed by atoms with Gasteiger partial charge in [0.05, 0.1) is 6.42 Å². The summed E-state index contributed by atoms with van der Waals surface area (Å²) in [5, 5.41) is 2.64. The molecule has 0 aliphatic carbocycles. The van der Waals surface area contributed by atoms with Crippen molar-refractivity contribution in [2.75, 3.05) is 5.32 Å². The molecule has 0 saturated heterocycles. The minimum atomic E-state index is -2.85. The number of pyridine rings is 1. The van der Waals surface area contributed by atoms with Crippen LogP contribution in [0.2, 0.25) is 0 Å². The fraction of sp³-hybridized carbons (Fsp3) is 0.143. The van der Waals surface area contributed by atoms with Gasteiger partial charge in [0.15, 0.2) is 0 Å². The zero-order valence-electron chi connectivity index (χ0n) is 10.4. The van der Waals surface area contributed by atoms with Crippen molar-refractivity contribution in [2.24, 2.45) is 0 Å². The molecule has 0 unspecified atom stereocenters. The highest BCUT2D eigenvalue weighted by atomic mass is 19.3. The number of amides is 1. The van der Waals surface area contributed by atoms with E-state index in [1.165, 1.54) is 12.1 Å². The number of carbonyl (C=O) groups excluding carboxylic acids is 1. The van der Waals surface area contributed by atoms with E-state index < -0.39 is 6.61 Å². The Morgan fingerprint density at radius 2 is 1.95 bits per heavy atom. The van der Waals surface area contributed by atoms with Crippen LogP contribution in [0.3, 0.4) is 0 Å². The molecule has 0 fully saturated rings. The fourth-order valence-electron chi connectivity index (χ4n) is 1.60. The highest BCUT2D eigenvalue weighted by Crippen LogP contribution is 2.15. The van der Waals surface area contributed by atoms with E-state index in [4.69, 9.17) is 0 Å². The van der Waals surface area contributed by atoms with Gasteiger partial charge in [0.1, 0.15) is 11.6 Å². The highest BCUT2D eigenvalue weighted by molar-refractivity contribution is 5.91. The van der Waals surface area contributed by atoms with Gasteiger partial charge in [0.25, 0.3) is 0 Å². The second kappa shape index (κ2) is 6.60. The number of halogens is 2. The molecule has 6 heteroatoms. The molecule has 1 aromatic carbocycles. The SMILES string of the molecule is O=C(Cc1ccc(OC(F)F)cc1)Nc1ccccn1. The van der Waals surface area contributed by atoms with E-state index in [9.17, 15) is 13.6 Å². The molecule has 2 aromatic rings. The van der Waals surface area contributed by atoms with E-state index in [-0.39, 0.29) is 18.1 Å². The molecule has 104 valence electrons. The summed E-state index contributed by atoms with van der Waals surface area (Å²) in [4.78, 5) is 15.7. The van der Waals surface area contributed by atoms with Crippen LogP contribution in [0.5, 0.6) is 5.75 Å². The number of hydrogen-bond acceptors (Lipinski definition) is 3. The lowest BCUT2D eigenvalue weighted by Crippen LogP contribution is -2.15. The molecule has 0 atom stereocenters. The molecule has 1 N–H and O–H groups in total. The van der Waals surface area contributed by atoms with Crippen molar-refractivity contribution in [1.29, 1.82) is 0 Å². The van der Waals surface area contributed by atoms with Crippen molar-refractivity contribution in [3.63, 3.8) is 0 Å². The van der Waals surface area contributed by atoms with Gasteiger partial charge >= 0.3 is 6.61 Å². The molecule has 0 spiro atoms. The number of nitrogens with one attached hydrogen (secondary N) is 1. The molecule has 1 amide bonds. The lowest BCUT2D eigenvalue weighted by molar-refractivity contribution is -0.115. The van der Waals surface area contributed by atoms with Gasteiger partial charge in [-0.3, -0.25) is 4.79 Å². The normalized spacial score (nSPS) is 10.3. The molecular formula is C14H12F2N2O2. The van der Waals surface area contributed by atoms with E-state index >= 15 is 0 Å². The van der Waals surface area contributed by atoms with Crippen molar-refractivity contribution in [1.82, 2.24) is 4.98 Å². The maximum absolute atomic E-state index is 12.0. The van der Waals surface area contributed by atoms with E-state index in [1.807, 2.05) is 0 Å².